The number of carbonyl (C=O) groups excluding carboxylic acids is 2. The van der Waals surface area contributed by atoms with Crippen molar-refractivity contribution in [2.75, 3.05) is 0 Å². The van der Waals surface area contributed by atoms with Crippen molar-refractivity contribution in [2.45, 2.75) is 122 Å². The lowest BCUT2D eigenvalue weighted by Crippen LogP contribution is -2.52. The van der Waals surface area contributed by atoms with Crippen molar-refractivity contribution in [3.05, 3.63) is 0 Å². The van der Waals surface area contributed by atoms with Crippen LogP contribution in [0.2, 0.25) is 0 Å². The lowest BCUT2D eigenvalue weighted by atomic mass is 9.75. The average molecular weight is 425 g/mol. The van der Waals surface area contributed by atoms with Gasteiger partial charge >= 0.3 is 0 Å². The fraction of sp³-hybridized carbons (Fsp3) is 0.923. The maximum absolute atomic E-state index is 13.1. The van der Waals surface area contributed by atoms with Gasteiger partial charge in [-0.2, -0.15) is 0 Å². The highest BCUT2D eigenvalue weighted by molar-refractivity contribution is 5.83. The Morgan fingerprint density at radius 2 is 0.800 bits per heavy atom. The van der Waals surface area contributed by atoms with Crippen LogP contribution in [0.3, 0.4) is 0 Å². The molecular weight excluding hydrogens is 372 g/mol. The zero-order valence-corrected chi connectivity index (χ0v) is 22.5. The third-order valence-corrected chi connectivity index (χ3v) is 6.38. The van der Waals surface area contributed by atoms with Crippen molar-refractivity contribution in [1.29, 1.82) is 0 Å². The van der Waals surface area contributed by atoms with Gasteiger partial charge in [0.25, 0.3) is 0 Å². The Labute approximate surface area is 187 Å². The number of hydrogen-bond acceptors (Lipinski definition) is 2. The molecule has 0 rings (SSSR count). The molecule has 0 aromatic rings. The normalized spacial score (nSPS) is 15.9. The SMILES string of the molecule is CC(C)C(NC(=O)C(C)(C)CCC(C)(C)C(=O)NC(C(C)C)C(C)(C)C)C(C)(C)C. The molecule has 4 heteroatoms. The van der Waals surface area contributed by atoms with E-state index in [0.717, 1.165) is 0 Å². The van der Waals surface area contributed by atoms with Crippen LogP contribution in [0.5, 0.6) is 0 Å². The van der Waals surface area contributed by atoms with E-state index in [-0.39, 0.29) is 34.7 Å². The Hall–Kier alpha value is -1.06. The van der Waals surface area contributed by atoms with Gasteiger partial charge < -0.3 is 10.6 Å². The quantitative estimate of drug-likeness (QED) is 0.463. The van der Waals surface area contributed by atoms with E-state index in [1.165, 1.54) is 0 Å². The number of rotatable bonds is 9. The summed E-state index contributed by atoms with van der Waals surface area (Å²) < 4.78 is 0. The zero-order valence-electron chi connectivity index (χ0n) is 22.5. The standard InChI is InChI=1S/C26H52N2O2/c1-17(2)19(23(5,6)7)27-21(29)25(11,12)15-16-26(13,14)22(30)28-20(18(3)4)24(8,9)10/h17-20H,15-16H2,1-14H3,(H,27,29)(H,28,30). The monoisotopic (exact) mass is 424 g/mol. The summed E-state index contributed by atoms with van der Waals surface area (Å²) in [4.78, 5) is 26.2. The molecule has 0 radical (unpaired) electrons. The highest BCUT2D eigenvalue weighted by Gasteiger charge is 2.38. The van der Waals surface area contributed by atoms with Crippen LogP contribution in [-0.2, 0) is 9.59 Å². The maximum atomic E-state index is 13.1. The minimum absolute atomic E-state index is 0.00211. The zero-order chi connectivity index (χ0) is 24.3. The van der Waals surface area contributed by atoms with Gasteiger partial charge in [0, 0.05) is 22.9 Å². The molecule has 2 unspecified atom stereocenters. The summed E-state index contributed by atoms with van der Waals surface area (Å²) in [5.74, 6) is 0.860. The second kappa shape index (κ2) is 10.0. The largest absolute Gasteiger partial charge is 0.352 e. The van der Waals surface area contributed by atoms with Gasteiger partial charge in [-0.3, -0.25) is 9.59 Å². The third-order valence-electron chi connectivity index (χ3n) is 6.38. The molecule has 0 fully saturated rings. The maximum Gasteiger partial charge on any atom is 0.225 e. The first-order valence-corrected chi connectivity index (χ1v) is 11.7. The van der Waals surface area contributed by atoms with Gasteiger partial charge in [0.1, 0.15) is 0 Å². The van der Waals surface area contributed by atoms with Crippen LogP contribution in [0.15, 0.2) is 0 Å². The van der Waals surface area contributed by atoms with Gasteiger partial charge in [0.15, 0.2) is 0 Å². The molecule has 2 amide bonds. The Bertz CT molecular complexity index is 523. The number of carbonyl (C=O) groups is 2. The molecular formula is C26H52N2O2. The second-order valence-corrected chi connectivity index (χ2v) is 13.4. The number of amides is 2. The van der Waals surface area contributed by atoms with Crippen LogP contribution in [0.1, 0.15) is 110 Å². The van der Waals surface area contributed by atoms with Crippen molar-refractivity contribution in [3.63, 3.8) is 0 Å². The van der Waals surface area contributed by atoms with Gasteiger partial charge in [0.05, 0.1) is 0 Å². The highest BCUT2D eigenvalue weighted by Crippen LogP contribution is 2.34. The molecule has 0 aliphatic heterocycles. The second-order valence-electron chi connectivity index (χ2n) is 13.4. The van der Waals surface area contributed by atoms with Crippen LogP contribution in [0.4, 0.5) is 0 Å². The minimum atomic E-state index is -0.530. The Kier molecular flexibility index (Phi) is 9.69. The van der Waals surface area contributed by atoms with E-state index >= 15 is 0 Å². The molecule has 2 N–H and O–H groups in total. The molecule has 0 bridgehead atoms. The van der Waals surface area contributed by atoms with Crippen LogP contribution in [0, 0.1) is 33.5 Å². The molecule has 0 aromatic heterocycles. The smallest absolute Gasteiger partial charge is 0.225 e. The van der Waals surface area contributed by atoms with Gasteiger partial charge in [-0.1, -0.05) is 96.9 Å². The average Bonchev–Trinajstić information content (AvgIpc) is 2.52. The molecule has 0 aliphatic carbocycles. The molecule has 2 atom stereocenters. The van der Waals surface area contributed by atoms with Gasteiger partial charge in [-0.25, -0.2) is 0 Å². The van der Waals surface area contributed by atoms with E-state index in [2.05, 4.69) is 79.9 Å². The van der Waals surface area contributed by atoms with E-state index in [4.69, 9.17) is 0 Å². The van der Waals surface area contributed by atoms with Crippen LogP contribution < -0.4 is 10.6 Å². The molecule has 178 valence electrons. The van der Waals surface area contributed by atoms with E-state index < -0.39 is 10.8 Å². The highest BCUT2D eigenvalue weighted by atomic mass is 16.2. The van der Waals surface area contributed by atoms with E-state index in [0.29, 0.717) is 24.7 Å². The first-order valence-electron chi connectivity index (χ1n) is 11.7. The minimum Gasteiger partial charge on any atom is -0.352 e. The number of hydrogen-bond donors (Lipinski definition) is 2. The molecule has 0 spiro atoms. The Morgan fingerprint density at radius 3 is 0.967 bits per heavy atom. The first-order chi connectivity index (χ1) is 13.1. The number of nitrogens with one attached hydrogen (secondary N) is 2. The summed E-state index contributed by atoms with van der Waals surface area (Å²) in [5.41, 5.74) is -1.06. The fourth-order valence-electron chi connectivity index (χ4n) is 4.29. The molecule has 0 heterocycles. The summed E-state index contributed by atoms with van der Waals surface area (Å²) in [6.45, 7) is 29.5. The van der Waals surface area contributed by atoms with Crippen molar-refractivity contribution >= 4 is 11.8 Å². The predicted molar refractivity (Wildman–Crippen MR) is 129 cm³/mol. The third kappa shape index (κ3) is 8.59. The van der Waals surface area contributed by atoms with Crippen molar-refractivity contribution in [1.82, 2.24) is 10.6 Å². The Balaban J connectivity index is 5.20. The summed E-state index contributed by atoms with van der Waals surface area (Å²) >= 11 is 0. The van der Waals surface area contributed by atoms with Gasteiger partial charge in [-0.05, 0) is 35.5 Å². The van der Waals surface area contributed by atoms with Crippen molar-refractivity contribution in [2.24, 2.45) is 33.5 Å². The summed E-state index contributed by atoms with van der Waals surface area (Å²) in [7, 11) is 0. The Morgan fingerprint density at radius 1 is 0.567 bits per heavy atom. The van der Waals surface area contributed by atoms with E-state index in [1.807, 2.05) is 27.7 Å². The van der Waals surface area contributed by atoms with Crippen molar-refractivity contribution < 1.29 is 9.59 Å². The molecule has 30 heavy (non-hydrogen) atoms. The lowest BCUT2D eigenvalue weighted by molar-refractivity contribution is -0.135. The van der Waals surface area contributed by atoms with Crippen LogP contribution in [-0.4, -0.2) is 23.9 Å². The van der Waals surface area contributed by atoms with E-state index in [1.54, 1.807) is 0 Å². The van der Waals surface area contributed by atoms with Crippen molar-refractivity contribution in [3.8, 4) is 0 Å². The van der Waals surface area contributed by atoms with E-state index in [9.17, 15) is 9.59 Å². The fourth-order valence-corrected chi connectivity index (χ4v) is 4.29. The lowest BCUT2D eigenvalue weighted by Gasteiger charge is -2.39. The summed E-state index contributed by atoms with van der Waals surface area (Å²) in [6, 6.07) is 0.221. The van der Waals surface area contributed by atoms with Crippen LogP contribution in [0.25, 0.3) is 0 Å². The van der Waals surface area contributed by atoms with Gasteiger partial charge in [-0.15, -0.1) is 0 Å². The summed E-state index contributed by atoms with van der Waals surface area (Å²) in [5, 5.41) is 6.58. The summed E-state index contributed by atoms with van der Waals surface area (Å²) in [6.07, 6.45) is 1.33. The molecule has 4 nitrogen and oxygen atoms in total. The van der Waals surface area contributed by atoms with Crippen LogP contribution >= 0.6 is 0 Å². The first kappa shape index (κ1) is 28.9. The van der Waals surface area contributed by atoms with Gasteiger partial charge in [0.2, 0.25) is 11.8 Å². The predicted octanol–water partition coefficient (Wildman–Crippen LogP) is 6.19. The molecule has 0 aliphatic rings. The molecule has 0 saturated heterocycles. The molecule has 0 saturated carbocycles. The molecule has 0 aromatic carbocycles. The topological polar surface area (TPSA) is 58.2 Å².